The first kappa shape index (κ1) is 8.75. The van der Waals surface area contributed by atoms with Gasteiger partial charge in [-0.2, -0.15) is 0 Å². The van der Waals surface area contributed by atoms with E-state index in [9.17, 15) is 0 Å². The minimum Gasteiger partial charge on any atom is -0.337 e. The molecule has 0 aromatic carbocycles. The molecule has 1 saturated heterocycles. The third kappa shape index (κ3) is 2.31. The van der Waals surface area contributed by atoms with Crippen LogP contribution in [0.15, 0.2) is 12.5 Å². The molecule has 0 amide bonds. The zero-order chi connectivity index (χ0) is 9.10. The van der Waals surface area contributed by atoms with Gasteiger partial charge in [-0.3, -0.25) is 0 Å². The second-order valence-electron chi connectivity index (χ2n) is 3.90. The summed E-state index contributed by atoms with van der Waals surface area (Å²) in [7, 11) is 0. The monoisotopic (exact) mass is 179 g/mol. The van der Waals surface area contributed by atoms with Crippen LogP contribution in [0.2, 0.25) is 0 Å². The molecule has 1 aromatic heterocycles. The van der Waals surface area contributed by atoms with E-state index in [1.807, 2.05) is 13.3 Å². The summed E-state index contributed by atoms with van der Waals surface area (Å²) >= 11 is 0. The molecule has 1 fully saturated rings. The molecule has 1 aromatic rings. The van der Waals surface area contributed by atoms with E-state index < -0.39 is 0 Å². The summed E-state index contributed by atoms with van der Waals surface area (Å²) in [4.78, 5) is 4.21. The molecule has 72 valence electrons. The zero-order valence-corrected chi connectivity index (χ0v) is 8.16. The van der Waals surface area contributed by atoms with E-state index >= 15 is 0 Å². The molecule has 1 atom stereocenters. The quantitative estimate of drug-likeness (QED) is 0.755. The van der Waals surface area contributed by atoms with Crippen LogP contribution in [-0.2, 0) is 6.54 Å². The Bertz CT molecular complexity index is 261. The Balaban J connectivity index is 1.78. The van der Waals surface area contributed by atoms with Gasteiger partial charge in [-0.25, -0.2) is 4.98 Å². The van der Waals surface area contributed by atoms with Crippen LogP contribution in [0.25, 0.3) is 0 Å². The SMILES string of the molecule is Cc1cn(CCC2CCNC2)cn1. The molecule has 1 aliphatic rings. The average molecular weight is 179 g/mol. The molecule has 3 nitrogen and oxygen atoms in total. The Morgan fingerprint density at radius 2 is 2.62 bits per heavy atom. The number of rotatable bonds is 3. The van der Waals surface area contributed by atoms with Gasteiger partial charge in [0.25, 0.3) is 0 Å². The number of nitrogens with zero attached hydrogens (tertiary/aromatic N) is 2. The standard InChI is InChI=1S/C10H17N3/c1-9-7-13(8-12-9)5-3-10-2-4-11-6-10/h7-8,10-11H,2-6H2,1H3. The lowest BCUT2D eigenvalue weighted by atomic mass is 10.1. The molecule has 0 aliphatic carbocycles. The van der Waals surface area contributed by atoms with E-state index in [0.29, 0.717) is 0 Å². The Morgan fingerprint density at radius 1 is 1.69 bits per heavy atom. The summed E-state index contributed by atoms with van der Waals surface area (Å²) in [6, 6.07) is 0. The minimum atomic E-state index is 0.878. The van der Waals surface area contributed by atoms with Crippen molar-refractivity contribution in [2.75, 3.05) is 13.1 Å². The molecular formula is C10H17N3. The third-order valence-corrected chi connectivity index (χ3v) is 2.72. The van der Waals surface area contributed by atoms with E-state index in [4.69, 9.17) is 0 Å². The van der Waals surface area contributed by atoms with E-state index in [-0.39, 0.29) is 0 Å². The molecule has 2 heterocycles. The highest BCUT2D eigenvalue weighted by atomic mass is 15.0. The summed E-state index contributed by atoms with van der Waals surface area (Å²) in [6.07, 6.45) is 6.66. The maximum atomic E-state index is 4.21. The van der Waals surface area contributed by atoms with Crippen molar-refractivity contribution in [3.05, 3.63) is 18.2 Å². The second-order valence-corrected chi connectivity index (χ2v) is 3.90. The Labute approximate surface area is 79.2 Å². The molecule has 0 saturated carbocycles. The first-order valence-corrected chi connectivity index (χ1v) is 5.03. The Morgan fingerprint density at radius 3 is 3.23 bits per heavy atom. The molecule has 13 heavy (non-hydrogen) atoms. The highest BCUT2D eigenvalue weighted by molar-refractivity contribution is 4.92. The van der Waals surface area contributed by atoms with Crippen molar-refractivity contribution >= 4 is 0 Å². The van der Waals surface area contributed by atoms with Crippen LogP contribution in [-0.4, -0.2) is 22.6 Å². The molecule has 2 rings (SSSR count). The summed E-state index contributed by atoms with van der Waals surface area (Å²) in [6.45, 7) is 5.56. The third-order valence-electron chi connectivity index (χ3n) is 2.72. The summed E-state index contributed by atoms with van der Waals surface area (Å²) in [5.74, 6) is 0.878. The predicted octanol–water partition coefficient (Wildman–Crippen LogP) is 1.19. The van der Waals surface area contributed by atoms with Crippen molar-refractivity contribution in [1.29, 1.82) is 0 Å². The van der Waals surface area contributed by atoms with Gasteiger partial charge in [0.1, 0.15) is 0 Å². The van der Waals surface area contributed by atoms with Crippen molar-refractivity contribution in [1.82, 2.24) is 14.9 Å². The number of aryl methyl sites for hydroxylation is 2. The van der Waals surface area contributed by atoms with Gasteiger partial charge in [0.2, 0.25) is 0 Å². The van der Waals surface area contributed by atoms with Crippen LogP contribution < -0.4 is 5.32 Å². The van der Waals surface area contributed by atoms with Crippen molar-refractivity contribution < 1.29 is 0 Å². The Hall–Kier alpha value is -0.830. The minimum absolute atomic E-state index is 0.878. The second kappa shape index (κ2) is 3.92. The summed E-state index contributed by atoms with van der Waals surface area (Å²) in [5.41, 5.74) is 1.12. The van der Waals surface area contributed by atoms with Gasteiger partial charge in [0, 0.05) is 12.7 Å². The van der Waals surface area contributed by atoms with Gasteiger partial charge in [-0.15, -0.1) is 0 Å². The van der Waals surface area contributed by atoms with Gasteiger partial charge in [-0.05, 0) is 38.8 Å². The fourth-order valence-electron chi connectivity index (χ4n) is 1.89. The van der Waals surface area contributed by atoms with Crippen LogP contribution in [0.4, 0.5) is 0 Å². The fraction of sp³-hybridized carbons (Fsp3) is 0.700. The van der Waals surface area contributed by atoms with E-state index in [0.717, 1.165) is 18.2 Å². The number of imidazole rings is 1. The van der Waals surface area contributed by atoms with Crippen molar-refractivity contribution in [2.45, 2.75) is 26.3 Å². The molecule has 1 N–H and O–H groups in total. The van der Waals surface area contributed by atoms with Crippen LogP contribution in [0.5, 0.6) is 0 Å². The van der Waals surface area contributed by atoms with Gasteiger partial charge in [0.05, 0.1) is 12.0 Å². The molecule has 3 heteroatoms. The molecule has 0 radical (unpaired) electrons. The van der Waals surface area contributed by atoms with Crippen molar-refractivity contribution in [3.8, 4) is 0 Å². The molecule has 0 spiro atoms. The lowest BCUT2D eigenvalue weighted by Gasteiger charge is -2.07. The first-order valence-electron chi connectivity index (χ1n) is 5.03. The average Bonchev–Trinajstić information content (AvgIpc) is 2.71. The molecule has 1 aliphatic heterocycles. The van der Waals surface area contributed by atoms with Gasteiger partial charge >= 0.3 is 0 Å². The lowest BCUT2D eigenvalue weighted by Crippen LogP contribution is -2.10. The lowest BCUT2D eigenvalue weighted by molar-refractivity contribution is 0.480. The first-order chi connectivity index (χ1) is 6.34. The number of hydrogen-bond donors (Lipinski definition) is 1. The van der Waals surface area contributed by atoms with E-state index in [1.165, 1.54) is 25.9 Å². The van der Waals surface area contributed by atoms with Crippen LogP contribution >= 0.6 is 0 Å². The molecule has 1 unspecified atom stereocenters. The smallest absolute Gasteiger partial charge is 0.0949 e. The largest absolute Gasteiger partial charge is 0.337 e. The maximum Gasteiger partial charge on any atom is 0.0949 e. The van der Waals surface area contributed by atoms with Gasteiger partial charge in [0.15, 0.2) is 0 Å². The van der Waals surface area contributed by atoms with Crippen LogP contribution in [0.1, 0.15) is 18.5 Å². The summed E-state index contributed by atoms with van der Waals surface area (Å²) in [5, 5.41) is 3.39. The van der Waals surface area contributed by atoms with Crippen LogP contribution in [0, 0.1) is 12.8 Å². The van der Waals surface area contributed by atoms with Crippen molar-refractivity contribution in [2.24, 2.45) is 5.92 Å². The topological polar surface area (TPSA) is 29.9 Å². The maximum absolute atomic E-state index is 4.21. The number of aromatic nitrogens is 2. The number of nitrogens with one attached hydrogen (secondary N) is 1. The predicted molar refractivity (Wildman–Crippen MR) is 52.6 cm³/mol. The van der Waals surface area contributed by atoms with Crippen LogP contribution in [0.3, 0.4) is 0 Å². The van der Waals surface area contributed by atoms with Gasteiger partial charge < -0.3 is 9.88 Å². The van der Waals surface area contributed by atoms with Gasteiger partial charge in [-0.1, -0.05) is 0 Å². The van der Waals surface area contributed by atoms with E-state index in [2.05, 4.69) is 21.1 Å². The fourth-order valence-corrected chi connectivity index (χ4v) is 1.89. The normalized spacial score (nSPS) is 22.4. The van der Waals surface area contributed by atoms with Crippen molar-refractivity contribution in [3.63, 3.8) is 0 Å². The zero-order valence-electron chi connectivity index (χ0n) is 8.16. The highest BCUT2D eigenvalue weighted by Crippen LogP contribution is 2.13. The highest BCUT2D eigenvalue weighted by Gasteiger charge is 2.13. The Kier molecular flexibility index (Phi) is 2.64. The number of hydrogen-bond acceptors (Lipinski definition) is 2. The molecule has 0 bridgehead atoms. The molecular weight excluding hydrogens is 162 g/mol. The van der Waals surface area contributed by atoms with E-state index in [1.54, 1.807) is 0 Å². The summed E-state index contributed by atoms with van der Waals surface area (Å²) < 4.78 is 2.19.